The van der Waals surface area contributed by atoms with Crippen LogP contribution in [-0.4, -0.2) is 76.6 Å². The Kier molecular flexibility index (Phi) is 5.03. The smallest absolute Gasteiger partial charge is 0.229 e. The van der Waals surface area contributed by atoms with Gasteiger partial charge < -0.3 is 14.3 Å². The fourth-order valence-electron chi connectivity index (χ4n) is 3.96. The molecule has 0 aromatic carbocycles. The molecule has 7 heteroatoms. The third-order valence-electron chi connectivity index (χ3n) is 5.77. The van der Waals surface area contributed by atoms with Gasteiger partial charge >= 0.3 is 0 Å². The van der Waals surface area contributed by atoms with E-state index in [-0.39, 0.29) is 0 Å². The summed E-state index contributed by atoms with van der Waals surface area (Å²) in [5.74, 6) is 2.50. The van der Waals surface area contributed by atoms with Crippen LogP contribution in [0.3, 0.4) is 0 Å². The molecular weight excluding hydrogens is 318 g/mol. The summed E-state index contributed by atoms with van der Waals surface area (Å²) in [5.41, 5.74) is 0. The Morgan fingerprint density at radius 1 is 1.24 bits per heavy atom. The van der Waals surface area contributed by atoms with E-state index in [0.29, 0.717) is 17.9 Å². The highest BCUT2D eigenvalue weighted by Crippen LogP contribution is 2.38. The average Bonchev–Trinajstić information content (AvgIpc) is 3.23. The van der Waals surface area contributed by atoms with E-state index in [9.17, 15) is 4.79 Å². The molecule has 7 nitrogen and oxygen atoms in total. The van der Waals surface area contributed by atoms with Crippen molar-refractivity contribution in [3.8, 4) is 0 Å². The van der Waals surface area contributed by atoms with Gasteiger partial charge in [0.1, 0.15) is 0 Å². The molecule has 0 unspecified atom stereocenters. The molecule has 1 amide bonds. The van der Waals surface area contributed by atoms with Crippen LogP contribution in [0.2, 0.25) is 0 Å². The molecule has 1 aromatic heterocycles. The Morgan fingerprint density at radius 2 is 2.12 bits per heavy atom. The maximum atomic E-state index is 11.7. The molecule has 1 aromatic rings. The Balaban J connectivity index is 1.25. The van der Waals surface area contributed by atoms with E-state index in [0.717, 1.165) is 63.8 Å². The van der Waals surface area contributed by atoms with Crippen molar-refractivity contribution in [3.63, 3.8) is 0 Å². The minimum atomic E-state index is 0.322. The highest BCUT2D eigenvalue weighted by atomic mass is 16.5. The number of hydrogen-bond acceptors (Lipinski definition) is 6. The number of nitrogens with zero attached hydrogens (tertiary/aromatic N) is 5. The molecule has 0 spiro atoms. The van der Waals surface area contributed by atoms with E-state index in [4.69, 9.17) is 4.52 Å². The van der Waals surface area contributed by atoms with Gasteiger partial charge in [-0.25, -0.2) is 0 Å². The summed E-state index contributed by atoms with van der Waals surface area (Å²) in [5, 5.41) is 4.15. The number of rotatable bonds is 7. The summed E-state index contributed by atoms with van der Waals surface area (Å²) in [6.45, 7) is 5.68. The van der Waals surface area contributed by atoms with Gasteiger partial charge in [-0.1, -0.05) is 5.16 Å². The first-order valence-corrected chi connectivity index (χ1v) is 9.72. The quantitative estimate of drug-likeness (QED) is 0.744. The van der Waals surface area contributed by atoms with Gasteiger partial charge in [0.05, 0.1) is 6.54 Å². The van der Waals surface area contributed by atoms with E-state index >= 15 is 0 Å². The predicted octanol–water partition coefficient (Wildman–Crippen LogP) is 1.47. The normalized spacial score (nSPS) is 25.3. The van der Waals surface area contributed by atoms with Crippen LogP contribution in [0.5, 0.6) is 0 Å². The van der Waals surface area contributed by atoms with E-state index in [1.165, 1.54) is 25.7 Å². The molecule has 0 bridgehead atoms. The lowest BCUT2D eigenvalue weighted by molar-refractivity contribution is -0.127. The zero-order chi connectivity index (χ0) is 17.2. The van der Waals surface area contributed by atoms with Gasteiger partial charge in [0.15, 0.2) is 5.82 Å². The summed E-state index contributed by atoms with van der Waals surface area (Å²) < 4.78 is 5.37. The molecule has 1 aliphatic carbocycles. The molecule has 3 heterocycles. The molecule has 138 valence electrons. The number of carbonyl (C=O) groups excluding carboxylic acids is 1. The van der Waals surface area contributed by atoms with Crippen molar-refractivity contribution >= 4 is 5.91 Å². The molecule has 0 N–H and O–H groups in total. The third kappa shape index (κ3) is 4.20. The van der Waals surface area contributed by atoms with Crippen molar-refractivity contribution in [3.05, 3.63) is 11.7 Å². The third-order valence-corrected chi connectivity index (χ3v) is 5.77. The van der Waals surface area contributed by atoms with Gasteiger partial charge in [-0.2, -0.15) is 4.98 Å². The van der Waals surface area contributed by atoms with E-state index in [1.54, 1.807) is 0 Å². The largest absolute Gasteiger partial charge is 0.341 e. The Hall–Kier alpha value is -1.47. The highest BCUT2D eigenvalue weighted by molar-refractivity contribution is 5.78. The molecule has 0 radical (unpaired) electrons. The molecule has 3 aliphatic rings. The first kappa shape index (κ1) is 17.0. The van der Waals surface area contributed by atoms with Gasteiger partial charge in [-0.05, 0) is 45.7 Å². The average molecular weight is 347 g/mol. The van der Waals surface area contributed by atoms with Crippen molar-refractivity contribution in [2.75, 3.05) is 39.8 Å². The second kappa shape index (κ2) is 7.41. The lowest BCUT2D eigenvalue weighted by Crippen LogP contribution is -2.48. The van der Waals surface area contributed by atoms with Crippen molar-refractivity contribution < 1.29 is 9.32 Å². The summed E-state index contributed by atoms with van der Waals surface area (Å²) in [6, 6.07) is 0.543. The van der Waals surface area contributed by atoms with Crippen molar-refractivity contribution in [1.29, 1.82) is 0 Å². The minimum absolute atomic E-state index is 0.322. The van der Waals surface area contributed by atoms with E-state index < -0.39 is 0 Å². The van der Waals surface area contributed by atoms with Crippen LogP contribution in [0.15, 0.2) is 4.52 Å². The monoisotopic (exact) mass is 347 g/mol. The summed E-state index contributed by atoms with van der Waals surface area (Å²) >= 11 is 0. The molecule has 3 fully saturated rings. The van der Waals surface area contributed by atoms with Crippen LogP contribution < -0.4 is 0 Å². The number of amides is 1. The van der Waals surface area contributed by atoms with Crippen LogP contribution in [-0.2, 0) is 11.3 Å². The van der Waals surface area contributed by atoms with E-state index in [2.05, 4.69) is 27.0 Å². The predicted molar refractivity (Wildman–Crippen MR) is 93.0 cm³/mol. The van der Waals surface area contributed by atoms with Crippen LogP contribution in [0.4, 0.5) is 0 Å². The molecule has 25 heavy (non-hydrogen) atoms. The second-order valence-electron chi connectivity index (χ2n) is 7.82. The van der Waals surface area contributed by atoms with Gasteiger partial charge in [0, 0.05) is 44.6 Å². The zero-order valence-electron chi connectivity index (χ0n) is 15.2. The van der Waals surface area contributed by atoms with Gasteiger partial charge in [-0.15, -0.1) is 0 Å². The highest BCUT2D eigenvalue weighted by Gasteiger charge is 2.30. The SMILES string of the molecule is CN(CCN1CCCC1=O)[C@H]1CCCN(Cc2noc(C3CC3)n2)C1. The lowest BCUT2D eigenvalue weighted by atomic mass is 10.0. The number of likely N-dealkylation sites (N-methyl/N-ethyl adjacent to an activating group) is 1. The van der Waals surface area contributed by atoms with Crippen molar-refractivity contribution in [2.24, 2.45) is 0 Å². The van der Waals surface area contributed by atoms with Crippen molar-refractivity contribution in [1.82, 2.24) is 24.8 Å². The summed E-state index contributed by atoms with van der Waals surface area (Å²) in [4.78, 5) is 23.2. The molecule has 4 rings (SSSR count). The zero-order valence-corrected chi connectivity index (χ0v) is 15.2. The molecule has 2 aliphatic heterocycles. The first-order valence-electron chi connectivity index (χ1n) is 9.72. The number of aromatic nitrogens is 2. The lowest BCUT2D eigenvalue weighted by Gasteiger charge is -2.37. The Bertz CT molecular complexity index is 600. The fraction of sp³-hybridized carbons (Fsp3) is 0.833. The van der Waals surface area contributed by atoms with Crippen molar-refractivity contribution in [2.45, 2.75) is 57.0 Å². The summed E-state index contributed by atoms with van der Waals surface area (Å²) in [7, 11) is 2.19. The maximum absolute atomic E-state index is 11.7. The first-order chi connectivity index (χ1) is 12.2. The van der Waals surface area contributed by atoms with Gasteiger partial charge in [0.2, 0.25) is 11.8 Å². The second-order valence-corrected chi connectivity index (χ2v) is 7.82. The van der Waals surface area contributed by atoms with Crippen LogP contribution in [0.1, 0.15) is 56.2 Å². The van der Waals surface area contributed by atoms with Gasteiger partial charge in [-0.3, -0.25) is 9.69 Å². The Morgan fingerprint density at radius 3 is 2.88 bits per heavy atom. The maximum Gasteiger partial charge on any atom is 0.229 e. The van der Waals surface area contributed by atoms with E-state index in [1.807, 2.05) is 4.90 Å². The number of hydrogen-bond donors (Lipinski definition) is 0. The number of likely N-dealkylation sites (tertiary alicyclic amines) is 2. The standard InChI is InChI=1S/C18H29N5O2/c1-21(10-11-23-9-3-5-17(23)24)15-4-2-8-22(12-15)13-16-19-18(25-20-16)14-6-7-14/h14-15H,2-13H2,1H3/t15-/m0/s1. The topological polar surface area (TPSA) is 65.7 Å². The molecule has 2 saturated heterocycles. The summed E-state index contributed by atoms with van der Waals surface area (Å²) in [6.07, 6.45) is 6.56. The molecule has 1 saturated carbocycles. The number of carbonyl (C=O) groups is 1. The minimum Gasteiger partial charge on any atom is -0.341 e. The van der Waals surface area contributed by atoms with Gasteiger partial charge in [0.25, 0.3) is 0 Å². The molecular formula is C18H29N5O2. The van der Waals surface area contributed by atoms with Crippen LogP contribution >= 0.6 is 0 Å². The van der Waals surface area contributed by atoms with Crippen LogP contribution in [0.25, 0.3) is 0 Å². The fourth-order valence-corrected chi connectivity index (χ4v) is 3.96. The Labute approximate surface area is 149 Å². The van der Waals surface area contributed by atoms with Crippen LogP contribution in [0, 0.1) is 0 Å². The number of piperidine rings is 1. The molecule has 1 atom stereocenters.